The lowest BCUT2D eigenvalue weighted by atomic mass is 10.2. The van der Waals surface area contributed by atoms with Crippen LogP contribution in [0.2, 0.25) is 0 Å². The highest BCUT2D eigenvalue weighted by atomic mass is 16.3. The van der Waals surface area contributed by atoms with Gasteiger partial charge in [0.2, 0.25) is 0 Å². The molecule has 0 saturated heterocycles. The molecule has 2 rings (SSSR count). The Bertz CT molecular complexity index is 459. The summed E-state index contributed by atoms with van der Waals surface area (Å²) in [6, 6.07) is 8.41. The van der Waals surface area contributed by atoms with Gasteiger partial charge in [-0.1, -0.05) is 25.0 Å². The summed E-state index contributed by atoms with van der Waals surface area (Å²) >= 11 is 0. The molecule has 0 aliphatic rings. The standard InChI is InChI=1S/C14H19NO/c1-3-4-7-15-10-13-9-12-8-11(2)5-6-14(12)16-13/h5-6,8-9,15H,3-4,7,10H2,1-2H3. The predicted octanol–water partition coefficient (Wildman–Crippen LogP) is 3.63. The van der Waals surface area contributed by atoms with Crippen molar-refractivity contribution in [1.29, 1.82) is 0 Å². The molecule has 2 aromatic rings. The number of fused-ring (bicyclic) bond motifs is 1. The Kier molecular flexibility index (Phi) is 3.62. The summed E-state index contributed by atoms with van der Waals surface area (Å²) in [7, 11) is 0. The van der Waals surface area contributed by atoms with E-state index < -0.39 is 0 Å². The highest BCUT2D eigenvalue weighted by molar-refractivity contribution is 5.78. The van der Waals surface area contributed by atoms with Gasteiger partial charge in [-0.3, -0.25) is 0 Å². The van der Waals surface area contributed by atoms with Crippen LogP contribution in [0.25, 0.3) is 11.0 Å². The average molecular weight is 217 g/mol. The lowest BCUT2D eigenvalue weighted by Gasteiger charge is -1.99. The van der Waals surface area contributed by atoms with E-state index in [-0.39, 0.29) is 0 Å². The SMILES string of the molecule is CCCCNCc1cc2cc(C)ccc2o1. The predicted molar refractivity (Wildman–Crippen MR) is 67.6 cm³/mol. The van der Waals surface area contributed by atoms with Gasteiger partial charge in [0.1, 0.15) is 11.3 Å². The molecule has 16 heavy (non-hydrogen) atoms. The van der Waals surface area contributed by atoms with Crippen molar-refractivity contribution in [2.75, 3.05) is 6.54 Å². The molecular formula is C14H19NO. The largest absolute Gasteiger partial charge is 0.460 e. The summed E-state index contributed by atoms with van der Waals surface area (Å²) in [5.41, 5.74) is 2.26. The molecule has 0 aliphatic carbocycles. The second-order valence-electron chi connectivity index (χ2n) is 4.28. The van der Waals surface area contributed by atoms with Gasteiger partial charge in [0, 0.05) is 5.39 Å². The van der Waals surface area contributed by atoms with Crippen LogP contribution in [0.4, 0.5) is 0 Å². The van der Waals surface area contributed by atoms with Gasteiger partial charge in [-0.15, -0.1) is 0 Å². The zero-order valence-electron chi connectivity index (χ0n) is 10.0. The van der Waals surface area contributed by atoms with Gasteiger partial charge >= 0.3 is 0 Å². The molecule has 0 aliphatic heterocycles. The first-order chi connectivity index (χ1) is 7.79. The third kappa shape index (κ3) is 2.64. The maximum absolute atomic E-state index is 5.74. The van der Waals surface area contributed by atoms with Gasteiger partial charge in [0.05, 0.1) is 6.54 Å². The Labute approximate surface area is 96.6 Å². The van der Waals surface area contributed by atoms with Crippen LogP contribution in [0.5, 0.6) is 0 Å². The third-order valence-electron chi connectivity index (χ3n) is 2.73. The number of rotatable bonds is 5. The molecule has 0 radical (unpaired) electrons. The molecule has 1 N–H and O–H groups in total. The van der Waals surface area contributed by atoms with Gasteiger partial charge in [-0.25, -0.2) is 0 Å². The van der Waals surface area contributed by atoms with Gasteiger partial charge in [0.15, 0.2) is 0 Å². The van der Waals surface area contributed by atoms with Gasteiger partial charge in [0.25, 0.3) is 0 Å². The fourth-order valence-electron chi connectivity index (χ4n) is 1.82. The molecule has 0 bridgehead atoms. The van der Waals surface area contributed by atoms with Crippen molar-refractivity contribution in [3.8, 4) is 0 Å². The zero-order chi connectivity index (χ0) is 11.4. The van der Waals surface area contributed by atoms with Crippen molar-refractivity contribution in [3.63, 3.8) is 0 Å². The Hall–Kier alpha value is -1.28. The number of nitrogens with one attached hydrogen (secondary N) is 1. The number of hydrogen-bond donors (Lipinski definition) is 1. The first-order valence-corrected chi connectivity index (χ1v) is 5.99. The molecule has 1 aromatic heterocycles. The van der Waals surface area contributed by atoms with Crippen molar-refractivity contribution in [2.45, 2.75) is 33.2 Å². The van der Waals surface area contributed by atoms with Gasteiger partial charge < -0.3 is 9.73 Å². The molecule has 1 aromatic carbocycles. The van der Waals surface area contributed by atoms with E-state index in [0.29, 0.717) is 0 Å². The summed E-state index contributed by atoms with van der Waals surface area (Å²) in [6.07, 6.45) is 2.45. The van der Waals surface area contributed by atoms with Gasteiger partial charge in [-0.05, 0) is 38.1 Å². The Morgan fingerprint density at radius 1 is 1.25 bits per heavy atom. The molecule has 2 heteroatoms. The number of unbranched alkanes of at least 4 members (excludes halogenated alkanes) is 1. The summed E-state index contributed by atoms with van der Waals surface area (Å²) in [4.78, 5) is 0. The molecule has 0 fully saturated rings. The molecule has 0 spiro atoms. The number of aryl methyl sites for hydroxylation is 1. The second kappa shape index (κ2) is 5.17. The highest BCUT2D eigenvalue weighted by Gasteiger charge is 2.02. The van der Waals surface area contributed by atoms with E-state index in [4.69, 9.17) is 4.42 Å². The van der Waals surface area contributed by atoms with Crippen molar-refractivity contribution >= 4 is 11.0 Å². The van der Waals surface area contributed by atoms with Crippen LogP contribution in [-0.2, 0) is 6.54 Å². The van der Waals surface area contributed by atoms with Crippen molar-refractivity contribution < 1.29 is 4.42 Å². The van der Waals surface area contributed by atoms with Crippen LogP contribution >= 0.6 is 0 Å². The summed E-state index contributed by atoms with van der Waals surface area (Å²) < 4.78 is 5.74. The van der Waals surface area contributed by atoms with Crippen LogP contribution in [0, 0.1) is 6.92 Å². The van der Waals surface area contributed by atoms with Crippen LogP contribution in [0.1, 0.15) is 31.1 Å². The first kappa shape index (κ1) is 11.2. The third-order valence-corrected chi connectivity index (χ3v) is 2.73. The van der Waals surface area contributed by atoms with E-state index >= 15 is 0 Å². The first-order valence-electron chi connectivity index (χ1n) is 5.99. The van der Waals surface area contributed by atoms with Crippen LogP contribution in [0.15, 0.2) is 28.7 Å². The molecule has 0 saturated carbocycles. The quantitative estimate of drug-likeness (QED) is 0.774. The van der Waals surface area contributed by atoms with Crippen molar-refractivity contribution in [2.24, 2.45) is 0 Å². The zero-order valence-corrected chi connectivity index (χ0v) is 10.0. The Balaban J connectivity index is 2.02. The molecule has 0 unspecified atom stereocenters. The molecule has 0 amide bonds. The van der Waals surface area contributed by atoms with E-state index in [1.807, 2.05) is 6.07 Å². The molecule has 1 heterocycles. The smallest absolute Gasteiger partial charge is 0.134 e. The summed E-state index contributed by atoms with van der Waals surface area (Å²) in [6.45, 7) is 6.19. The molecule has 86 valence electrons. The van der Waals surface area contributed by atoms with Crippen LogP contribution in [0.3, 0.4) is 0 Å². The average Bonchev–Trinajstić information content (AvgIpc) is 2.66. The number of hydrogen-bond acceptors (Lipinski definition) is 2. The fraction of sp³-hybridized carbons (Fsp3) is 0.429. The topological polar surface area (TPSA) is 25.2 Å². The van der Waals surface area contributed by atoms with Crippen LogP contribution < -0.4 is 5.32 Å². The summed E-state index contributed by atoms with van der Waals surface area (Å²) in [5, 5.41) is 4.59. The fourth-order valence-corrected chi connectivity index (χ4v) is 1.82. The normalized spacial score (nSPS) is 11.1. The lowest BCUT2D eigenvalue weighted by Crippen LogP contribution is -2.13. The van der Waals surface area contributed by atoms with E-state index in [1.54, 1.807) is 0 Å². The van der Waals surface area contributed by atoms with Crippen molar-refractivity contribution in [1.82, 2.24) is 5.32 Å². The maximum atomic E-state index is 5.74. The Morgan fingerprint density at radius 3 is 2.94 bits per heavy atom. The minimum absolute atomic E-state index is 0.827. The maximum Gasteiger partial charge on any atom is 0.134 e. The molecule has 0 atom stereocenters. The van der Waals surface area contributed by atoms with Gasteiger partial charge in [-0.2, -0.15) is 0 Å². The van der Waals surface area contributed by atoms with E-state index in [1.165, 1.54) is 23.8 Å². The van der Waals surface area contributed by atoms with E-state index in [2.05, 4.69) is 37.4 Å². The van der Waals surface area contributed by atoms with E-state index in [0.717, 1.165) is 24.4 Å². The lowest BCUT2D eigenvalue weighted by molar-refractivity contribution is 0.509. The molecule has 2 nitrogen and oxygen atoms in total. The highest BCUT2D eigenvalue weighted by Crippen LogP contribution is 2.20. The van der Waals surface area contributed by atoms with Crippen molar-refractivity contribution in [3.05, 3.63) is 35.6 Å². The monoisotopic (exact) mass is 217 g/mol. The Morgan fingerprint density at radius 2 is 2.12 bits per heavy atom. The number of furan rings is 1. The minimum atomic E-state index is 0.827. The van der Waals surface area contributed by atoms with Crippen LogP contribution in [-0.4, -0.2) is 6.54 Å². The van der Waals surface area contributed by atoms with E-state index in [9.17, 15) is 0 Å². The molecular weight excluding hydrogens is 198 g/mol. The summed E-state index contributed by atoms with van der Waals surface area (Å²) in [5.74, 6) is 1.02. The number of benzene rings is 1. The minimum Gasteiger partial charge on any atom is -0.460 e. The second-order valence-corrected chi connectivity index (χ2v) is 4.28.